The van der Waals surface area contributed by atoms with Gasteiger partial charge >= 0.3 is 13.6 Å². The topological polar surface area (TPSA) is 151 Å². The monoisotopic (exact) mass is 459 g/mol. The van der Waals surface area contributed by atoms with E-state index in [2.05, 4.69) is 10.6 Å². The number of carboxylic acid groups (broad SMARTS) is 1. The van der Waals surface area contributed by atoms with E-state index in [9.17, 15) is 24.2 Å². The van der Waals surface area contributed by atoms with Crippen molar-refractivity contribution in [1.29, 1.82) is 0 Å². The summed E-state index contributed by atoms with van der Waals surface area (Å²) in [6.45, 7) is 1.71. The molecule has 178 valence electrons. The van der Waals surface area contributed by atoms with E-state index in [1.54, 1.807) is 0 Å². The summed E-state index contributed by atoms with van der Waals surface area (Å²) >= 11 is 0. The lowest BCUT2D eigenvalue weighted by Crippen LogP contribution is -2.45. The maximum Gasteiger partial charge on any atom is 0.351 e. The van der Waals surface area contributed by atoms with Gasteiger partial charge < -0.3 is 26.4 Å². The number of carbonyl (C=O) groups excluding carboxylic acids is 1. The van der Waals surface area contributed by atoms with Crippen LogP contribution in [-0.4, -0.2) is 53.4 Å². The number of carbonyl (C=O) groups is 2. The molecule has 0 spiro atoms. The van der Waals surface area contributed by atoms with Crippen LogP contribution in [0.4, 0.5) is 0 Å². The molecule has 6 N–H and O–H groups in total. The van der Waals surface area contributed by atoms with Crippen molar-refractivity contribution in [1.82, 2.24) is 10.6 Å². The fourth-order valence-electron chi connectivity index (χ4n) is 3.71. The van der Waals surface area contributed by atoms with Gasteiger partial charge in [0.15, 0.2) is 6.10 Å². The number of hydrogen-bond acceptors (Lipinski definition) is 6. The lowest BCUT2D eigenvalue weighted by molar-refractivity contribution is -0.145. The summed E-state index contributed by atoms with van der Waals surface area (Å²) < 4.78 is 18.4. The van der Waals surface area contributed by atoms with Gasteiger partial charge in [-0.05, 0) is 69.6 Å². The zero-order chi connectivity index (χ0) is 22.7. The number of rotatable bonds is 13. The largest absolute Gasteiger partial charge is 0.479 e. The van der Waals surface area contributed by atoms with E-state index in [1.165, 1.54) is 0 Å². The predicted octanol–water partition coefficient (Wildman–Crippen LogP) is 2.34. The minimum atomic E-state index is -4.45. The fourth-order valence-corrected chi connectivity index (χ4v) is 5.54. The van der Waals surface area contributed by atoms with Crippen LogP contribution in [0.15, 0.2) is 30.3 Å². The number of aliphatic carboxylic acids is 1. The highest BCUT2D eigenvalue weighted by molar-refractivity contribution is 7.53. The van der Waals surface area contributed by atoms with E-state index in [0.29, 0.717) is 51.7 Å². The third-order valence-electron chi connectivity index (χ3n) is 5.45. The molecular formula is C21H38N3O6P. The standard InChI is InChI=1S/C21H34N3O6P.2H2/c22-13-5-4-8-18(21(26)27)30-31(28,29)20(17-11-14-23-15-12-17)24-19(25)10-9-16-6-2-1-3-7-16;;/h1-3,6-7,17-18,20,23H,4-5,8-15,22H2,(H,24,25)(H,26,27)(H,28,29);2*1H. The molecule has 3 atom stereocenters. The van der Waals surface area contributed by atoms with Crippen LogP contribution in [0.25, 0.3) is 0 Å². The predicted molar refractivity (Wildman–Crippen MR) is 122 cm³/mol. The van der Waals surface area contributed by atoms with E-state index in [-0.39, 0.29) is 27.5 Å². The van der Waals surface area contributed by atoms with Gasteiger partial charge in [-0.3, -0.25) is 13.9 Å². The molecule has 3 unspecified atom stereocenters. The molecule has 0 saturated carbocycles. The Kier molecular flexibility index (Phi) is 10.6. The van der Waals surface area contributed by atoms with Crippen LogP contribution in [0, 0.1) is 5.92 Å². The molecule has 1 aliphatic rings. The Balaban J connectivity index is 0.00000512. The summed E-state index contributed by atoms with van der Waals surface area (Å²) in [5.74, 6) is -3.09. The number of nitrogens with one attached hydrogen (secondary N) is 2. The van der Waals surface area contributed by atoms with Crippen molar-refractivity contribution in [2.75, 3.05) is 19.6 Å². The molecule has 9 nitrogen and oxygen atoms in total. The average molecular weight is 460 g/mol. The van der Waals surface area contributed by atoms with Crippen molar-refractivity contribution in [3.63, 3.8) is 0 Å². The summed E-state index contributed by atoms with van der Waals surface area (Å²) in [4.78, 5) is 34.9. The summed E-state index contributed by atoms with van der Waals surface area (Å²) in [7, 11) is -4.45. The summed E-state index contributed by atoms with van der Waals surface area (Å²) in [6, 6.07) is 9.49. The first kappa shape index (κ1) is 25.5. The maximum absolute atomic E-state index is 13.2. The number of piperidine rings is 1. The summed E-state index contributed by atoms with van der Waals surface area (Å²) in [5.41, 5.74) is 6.43. The van der Waals surface area contributed by atoms with E-state index in [4.69, 9.17) is 10.3 Å². The molecule has 2 rings (SSSR count). The molecular weight excluding hydrogens is 421 g/mol. The quantitative estimate of drug-likeness (QED) is 0.223. The third kappa shape index (κ3) is 8.71. The van der Waals surface area contributed by atoms with E-state index in [0.717, 1.165) is 5.56 Å². The van der Waals surface area contributed by atoms with Crippen LogP contribution in [0.2, 0.25) is 0 Å². The fraction of sp³-hybridized carbons (Fsp3) is 0.619. The molecule has 1 aromatic carbocycles. The van der Waals surface area contributed by atoms with Crippen molar-refractivity contribution in [2.24, 2.45) is 11.7 Å². The SMILES string of the molecule is NCCCCC(OP(=O)(O)C(NC(=O)CCc1ccccc1)C1CCNCC1)C(=O)O.[HH].[HH]. The average Bonchev–Trinajstić information content (AvgIpc) is 2.76. The number of carboxylic acids is 1. The Labute approximate surface area is 186 Å². The highest BCUT2D eigenvalue weighted by Gasteiger charge is 2.43. The van der Waals surface area contributed by atoms with Gasteiger partial charge in [0.2, 0.25) is 5.91 Å². The molecule has 0 aliphatic carbocycles. The minimum Gasteiger partial charge on any atom is -0.479 e. The lowest BCUT2D eigenvalue weighted by atomic mass is 9.97. The summed E-state index contributed by atoms with van der Waals surface area (Å²) in [5, 5.41) is 15.3. The van der Waals surface area contributed by atoms with Crippen LogP contribution in [0.5, 0.6) is 0 Å². The Morgan fingerprint density at radius 2 is 1.94 bits per heavy atom. The number of hydrogen-bond donors (Lipinski definition) is 5. The second-order valence-electron chi connectivity index (χ2n) is 7.87. The van der Waals surface area contributed by atoms with Crippen LogP contribution in [0.3, 0.4) is 0 Å². The molecule has 0 radical (unpaired) electrons. The van der Waals surface area contributed by atoms with Gasteiger partial charge in [0.05, 0.1) is 0 Å². The highest BCUT2D eigenvalue weighted by atomic mass is 31.2. The normalized spacial score (nSPS) is 18.6. The van der Waals surface area contributed by atoms with Crippen molar-refractivity contribution >= 4 is 19.5 Å². The molecule has 31 heavy (non-hydrogen) atoms. The Bertz CT molecular complexity index is 753. The molecule has 0 aromatic heterocycles. The van der Waals surface area contributed by atoms with Gasteiger partial charge in [0.25, 0.3) is 0 Å². The smallest absolute Gasteiger partial charge is 0.351 e. The van der Waals surface area contributed by atoms with Crippen LogP contribution < -0.4 is 16.4 Å². The molecule has 1 saturated heterocycles. The second kappa shape index (κ2) is 12.9. The van der Waals surface area contributed by atoms with Gasteiger partial charge in [-0.2, -0.15) is 0 Å². The van der Waals surface area contributed by atoms with Crippen molar-refractivity contribution in [3.05, 3.63) is 35.9 Å². The Hall–Kier alpha value is -1.77. The Morgan fingerprint density at radius 3 is 2.55 bits per heavy atom. The second-order valence-corrected chi connectivity index (χ2v) is 9.76. The molecule has 1 aliphatic heterocycles. The number of unbranched alkanes of at least 4 members (excludes halogenated alkanes) is 1. The zero-order valence-corrected chi connectivity index (χ0v) is 18.6. The third-order valence-corrected chi connectivity index (χ3v) is 7.26. The first-order valence-electron chi connectivity index (χ1n) is 10.8. The zero-order valence-electron chi connectivity index (χ0n) is 17.7. The number of amides is 1. The van der Waals surface area contributed by atoms with E-state index < -0.39 is 25.5 Å². The van der Waals surface area contributed by atoms with Crippen LogP contribution >= 0.6 is 7.60 Å². The van der Waals surface area contributed by atoms with Crippen LogP contribution in [-0.2, 0) is 25.1 Å². The minimum absolute atomic E-state index is 0. The van der Waals surface area contributed by atoms with Gasteiger partial charge in [0.1, 0.15) is 5.78 Å². The number of benzene rings is 1. The van der Waals surface area contributed by atoms with Gasteiger partial charge in [-0.15, -0.1) is 0 Å². The first-order chi connectivity index (χ1) is 14.8. The van der Waals surface area contributed by atoms with E-state index in [1.807, 2.05) is 30.3 Å². The molecule has 1 amide bonds. The van der Waals surface area contributed by atoms with Gasteiger partial charge in [0, 0.05) is 9.27 Å². The van der Waals surface area contributed by atoms with Crippen molar-refractivity contribution in [2.45, 2.75) is 56.8 Å². The summed E-state index contributed by atoms with van der Waals surface area (Å²) in [6.07, 6.45) is 1.55. The molecule has 10 heteroatoms. The molecule has 1 heterocycles. The van der Waals surface area contributed by atoms with Crippen LogP contribution in [0.1, 0.15) is 46.9 Å². The number of aryl methyl sites for hydroxylation is 1. The van der Waals surface area contributed by atoms with Gasteiger partial charge in [-0.25, -0.2) is 4.79 Å². The Morgan fingerprint density at radius 1 is 1.26 bits per heavy atom. The van der Waals surface area contributed by atoms with E-state index >= 15 is 0 Å². The highest BCUT2D eigenvalue weighted by Crippen LogP contribution is 2.52. The molecule has 1 aromatic rings. The maximum atomic E-state index is 13.2. The first-order valence-corrected chi connectivity index (χ1v) is 12.5. The number of nitrogens with two attached hydrogens (primary N) is 1. The lowest BCUT2D eigenvalue weighted by Gasteiger charge is -2.34. The van der Waals surface area contributed by atoms with Crippen molar-refractivity contribution in [3.8, 4) is 0 Å². The van der Waals surface area contributed by atoms with Crippen molar-refractivity contribution < 1.29 is 31.5 Å². The molecule has 0 bridgehead atoms. The van der Waals surface area contributed by atoms with Gasteiger partial charge in [-0.1, -0.05) is 30.3 Å². The molecule has 1 fully saturated rings.